The standard InChI is InChI=1S/C15H15ClFN3/c16-13-11(18)7-12(19)15(14(13)17)20-10-5-4-8-2-1-3-9(8)6-10/h4-7,20H,1-3,18-19H2. The summed E-state index contributed by atoms with van der Waals surface area (Å²) in [5.41, 5.74) is 15.4. The molecule has 0 radical (unpaired) electrons. The van der Waals surface area contributed by atoms with E-state index in [1.807, 2.05) is 12.1 Å². The van der Waals surface area contributed by atoms with Crippen LogP contribution >= 0.6 is 11.6 Å². The van der Waals surface area contributed by atoms with Gasteiger partial charge in [0.05, 0.1) is 17.1 Å². The first-order valence-electron chi connectivity index (χ1n) is 6.48. The minimum absolute atomic E-state index is 0.108. The molecule has 0 spiro atoms. The molecule has 0 heterocycles. The van der Waals surface area contributed by atoms with E-state index in [0.717, 1.165) is 18.5 Å². The Labute approximate surface area is 121 Å². The maximum absolute atomic E-state index is 14.1. The molecule has 0 bridgehead atoms. The van der Waals surface area contributed by atoms with E-state index in [-0.39, 0.29) is 22.1 Å². The Bertz CT molecular complexity index is 685. The number of aryl methyl sites for hydroxylation is 2. The van der Waals surface area contributed by atoms with Crippen LogP contribution in [-0.2, 0) is 12.8 Å². The lowest BCUT2D eigenvalue weighted by Crippen LogP contribution is -2.03. The first kappa shape index (κ1) is 13.1. The molecule has 0 amide bonds. The summed E-state index contributed by atoms with van der Waals surface area (Å²) in [5, 5.41) is 2.89. The summed E-state index contributed by atoms with van der Waals surface area (Å²) in [6, 6.07) is 7.48. The summed E-state index contributed by atoms with van der Waals surface area (Å²) < 4.78 is 14.1. The highest BCUT2D eigenvalue weighted by Crippen LogP contribution is 2.36. The molecule has 3 nitrogen and oxygen atoms in total. The minimum atomic E-state index is -0.621. The molecular weight excluding hydrogens is 277 g/mol. The minimum Gasteiger partial charge on any atom is -0.397 e. The molecule has 2 aromatic carbocycles. The van der Waals surface area contributed by atoms with E-state index in [2.05, 4.69) is 11.4 Å². The van der Waals surface area contributed by atoms with Crippen LogP contribution in [0.2, 0.25) is 5.02 Å². The van der Waals surface area contributed by atoms with Gasteiger partial charge in [0.2, 0.25) is 0 Å². The van der Waals surface area contributed by atoms with E-state index in [1.165, 1.54) is 23.6 Å². The van der Waals surface area contributed by atoms with Crippen LogP contribution in [0.1, 0.15) is 17.5 Å². The number of nitrogens with two attached hydrogens (primary N) is 2. The first-order valence-corrected chi connectivity index (χ1v) is 6.86. The quantitative estimate of drug-likeness (QED) is 0.736. The van der Waals surface area contributed by atoms with Gasteiger partial charge in [-0.15, -0.1) is 0 Å². The Kier molecular flexibility index (Phi) is 3.18. The average molecular weight is 292 g/mol. The van der Waals surface area contributed by atoms with Crippen molar-refractivity contribution in [2.45, 2.75) is 19.3 Å². The van der Waals surface area contributed by atoms with Crippen molar-refractivity contribution in [1.29, 1.82) is 0 Å². The van der Waals surface area contributed by atoms with Crippen LogP contribution in [0.5, 0.6) is 0 Å². The zero-order chi connectivity index (χ0) is 14.3. The molecule has 0 saturated carbocycles. The third-order valence-corrected chi connectivity index (χ3v) is 4.02. The molecule has 0 saturated heterocycles. The Hall–Kier alpha value is -1.94. The van der Waals surface area contributed by atoms with Crippen molar-refractivity contribution in [3.8, 4) is 0 Å². The molecule has 5 heteroatoms. The molecule has 3 rings (SSSR count). The molecule has 0 fully saturated rings. The summed E-state index contributed by atoms with van der Waals surface area (Å²) >= 11 is 5.82. The Morgan fingerprint density at radius 2 is 1.80 bits per heavy atom. The van der Waals surface area contributed by atoms with E-state index in [9.17, 15) is 4.39 Å². The van der Waals surface area contributed by atoms with Gasteiger partial charge in [-0.3, -0.25) is 0 Å². The summed E-state index contributed by atoms with van der Waals surface area (Å²) in [4.78, 5) is 0. The van der Waals surface area contributed by atoms with Gasteiger partial charge in [-0.1, -0.05) is 17.7 Å². The largest absolute Gasteiger partial charge is 0.397 e. The molecule has 0 atom stereocenters. The van der Waals surface area contributed by atoms with Gasteiger partial charge in [-0.2, -0.15) is 0 Å². The molecule has 2 aromatic rings. The van der Waals surface area contributed by atoms with Gasteiger partial charge in [0.15, 0.2) is 5.82 Å². The Morgan fingerprint density at radius 1 is 1.05 bits per heavy atom. The van der Waals surface area contributed by atoms with E-state index >= 15 is 0 Å². The van der Waals surface area contributed by atoms with Crippen molar-refractivity contribution in [3.63, 3.8) is 0 Å². The molecule has 1 aliphatic rings. The second kappa shape index (κ2) is 4.87. The average Bonchev–Trinajstić information content (AvgIpc) is 2.88. The second-order valence-corrected chi connectivity index (χ2v) is 5.40. The van der Waals surface area contributed by atoms with Gasteiger partial charge in [-0.05, 0) is 48.6 Å². The smallest absolute Gasteiger partial charge is 0.169 e. The summed E-state index contributed by atoms with van der Waals surface area (Å²) in [7, 11) is 0. The summed E-state index contributed by atoms with van der Waals surface area (Å²) in [6.45, 7) is 0. The number of nitrogen functional groups attached to an aromatic ring is 2. The SMILES string of the molecule is Nc1cc(N)c(Nc2ccc3c(c2)CCC3)c(F)c1Cl. The van der Waals surface area contributed by atoms with Gasteiger partial charge in [-0.25, -0.2) is 4.39 Å². The topological polar surface area (TPSA) is 64.1 Å². The van der Waals surface area contributed by atoms with Crippen molar-refractivity contribution < 1.29 is 4.39 Å². The third-order valence-electron chi connectivity index (χ3n) is 3.63. The molecule has 1 aliphatic carbocycles. The Balaban J connectivity index is 1.97. The van der Waals surface area contributed by atoms with Crippen LogP contribution in [0.4, 0.5) is 27.1 Å². The molecule has 0 aliphatic heterocycles. The van der Waals surface area contributed by atoms with Gasteiger partial charge in [0.1, 0.15) is 5.02 Å². The number of anilines is 4. The highest BCUT2D eigenvalue weighted by Gasteiger charge is 2.16. The first-order chi connectivity index (χ1) is 9.56. The van der Waals surface area contributed by atoms with E-state index in [0.29, 0.717) is 0 Å². The van der Waals surface area contributed by atoms with Crippen molar-refractivity contribution in [1.82, 2.24) is 0 Å². The highest BCUT2D eigenvalue weighted by molar-refractivity contribution is 6.33. The molecule has 0 unspecified atom stereocenters. The van der Waals surface area contributed by atoms with Crippen LogP contribution in [0.3, 0.4) is 0 Å². The lowest BCUT2D eigenvalue weighted by Gasteiger charge is -2.14. The zero-order valence-electron chi connectivity index (χ0n) is 10.8. The molecular formula is C15H15ClFN3. The number of rotatable bonds is 2. The Morgan fingerprint density at radius 3 is 2.60 bits per heavy atom. The lowest BCUT2D eigenvalue weighted by molar-refractivity contribution is 0.633. The van der Waals surface area contributed by atoms with Crippen LogP contribution in [0, 0.1) is 5.82 Å². The number of benzene rings is 2. The van der Waals surface area contributed by atoms with Crippen molar-refractivity contribution in [3.05, 3.63) is 46.2 Å². The molecule has 20 heavy (non-hydrogen) atoms. The summed E-state index contributed by atoms with van der Waals surface area (Å²) in [5.74, 6) is -0.621. The van der Waals surface area contributed by atoms with Crippen LogP contribution in [-0.4, -0.2) is 0 Å². The van der Waals surface area contributed by atoms with Crippen LogP contribution in [0.15, 0.2) is 24.3 Å². The lowest BCUT2D eigenvalue weighted by atomic mass is 10.1. The molecule has 104 valence electrons. The zero-order valence-corrected chi connectivity index (χ0v) is 11.6. The van der Waals surface area contributed by atoms with Crippen molar-refractivity contribution in [2.75, 3.05) is 16.8 Å². The number of nitrogens with one attached hydrogen (secondary N) is 1. The van der Waals surface area contributed by atoms with Crippen molar-refractivity contribution in [2.24, 2.45) is 0 Å². The van der Waals surface area contributed by atoms with Gasteiger partial charge < -0.3 is 16.8 Å². The molecule has 5 N–H and O–H groups in total. The van der Waals surface area contributed by atoms with Gasteiger partial charge in [0, 0.05) is 5.69 Å². The number of hydrogen-bond donors (Lipinski definition) is 3. The predicted molar refractivity (Wildman–Crippen MR) is 82.0 cm³/mol. The van der Waals surface area contributed by atoms with E-state index < -0.39 is 5.82 Å². The number of hydrogen-bond acceptors (Lipinski definition) is 3. The maximum atomic E-state index is 14.1. The predicted octanol–water partition coefficient (Wildman–Crippen LogP) is 3.88. The number of fused-ring (bicyclic) bond motifs is 1. The normalized spacial score (nSPS) is 13.3. The van der Waals surface area contributed by atoms with Crippen LogP contribution in [0.25, 0.3) is 0 Å². The van der Waals surface area contributed by atoms with Gasteiger partial charge >= 0.3 is 0 Å². The van der Waals surface area contributed by atoms with Crippen molar-refractivity contribution >= 4 is 34.4 Å². The maximum Gasteiger partial charge on any atom is 0.169 e. The van der Waals surface area contributed by atoms with Gasteiger partial charge in [0.25, 0.3) is 0 Å². The fraction of sp³-hybridized carbons (Fsp3) is 0.200. The fourth-order valence-corrected chi connectivity index (χ4v) is 2.74. The highest BCUT2D eigenvalue weighted by atomic mass is 35.5. The van der Waals surface area contributed by atoms with E-state index in [4.69, 9.17) is 23.1 Å². The summed E-state index contributed by atoms with van der Waals surface area (Å²) in [6.07, 6.45) is 3.34. The second-order valence-electron chi connectivity index (χ2n) is 5.02. The fourth-order valence-electron chi connectivity index (χ4n) is 2.59. The third kappa shape index (κ3) is 2.16. The molecule has 0 aromatic heterocycles. The van der Waals surface area contributed by atoms with Crippen LogP contribution < -0.4 is 16.8 Å². The number of halogens is 2. The van der Waals surface area contributed by atoms with E-state index in [1.54, 1.807) is 0 Å². The monoisotopic (exact) mass is 291 g/mol.